The molecule has 0 aliphatic heterocycles. The first-order chi connectivity index (χ1) is 29.0. The second kappa shape index (κ2) is 21.3. The molecule has 3 amide bonds. The van der Waals surface area contributed by atoms with Crippen LogP contribution in [0.5, 0.6) is 0 Å². The Kier molecular flexibility index (Phi) is 16.3. The third kappa shape index (κ3) is 14.0. The van der Waals surface area contributed by atoms with Crippen molar-refractivity contribution in [2.24, 2.45) is 11.8 Å². The van der Waals surface area contributed by atoms with Gasteiger partial charge in [0.1, 0.15) is 24.5 Å². The van der Waals surface area contributed by atoms with Crippen LogP contribution in [-0.4, -0.2) is 84.1 Å². The number of ether oxygens (including phenoxy) is 1. The van der Waals surface area contributed by atoms with Gasteiger partial charge in [-0.15, -0.1) is 0 Å². The zero-order valence-corrected chi connectivity index (χ0v) is 36.1. The molecule has 0 spiro atoms. The number of amides is 3. The third-order valence-corrected chi connectivity index (χ3v) is 13.3. The number of carbonyl (C=O) groups is 4. The van der Waals surface area contributed by atoms with Crippen molar-refractivity contribution in [2.75, 3.05) is 19.0 Å². The number of para-hydroxylation sites is 1. The summed E-state index contributed by atoms with van der Waals surface area (Å²) in [6.07, 6.45) is 1.78. The van der Waals surface area contributed by atoms with Crippen molar-refractivity contribution in [1.29, 1.82) is 0 Å². The molecule has 61 heavy (non-hydrogen) atoms. The molecule has 5 aromatic rings. The topological polar surface area (TPSA) is 233 Å². The smallest absolute Gasteiger partial charge is 0.407 e. The van der Waals surface area contributed by atoms with Gasteiger partial charge in [0.2, 0.25) is 29.2 Å². The van der Waals surface area contributed by atoms with Crippen LogP contribution in [0.4, 0.5) is 4.79 Å². The minimum atomic E-state index is -4.55. The predicted molar refractivity (Wildman–Crippen MR) is 234 cm³/mol. The molecule has 0 fully saturated rings. The molecule has 326 valence electrons. The number of alkyl carbamates (subject to hydrolysis) is 1. The van der Waals surface area contributed by atoms with E-state index in [9.17, 15) is 42.2 Å². The average molecular weight is 876 g/mol. The van der Waals surface area contributed by atoms with Crippen LogP contribution in [0.1, 0.15) is 49.8 Å². The number of aromatic nitrogens is 1. The summed E-state index contributed by atoms with van der Waals surface area (Å²) in [6.45, 7) is 3.63. The van der Waals surface area contributed by atoms with Crippen LogP contribution in [0.15, 0.2) is 103 Å². The van der Waals surface area contributed by atoms with E-state index in [1.807, 2.05) is 91.0 Å². The van der Waals surface area contributed by atoms with E-state index in [1.54, 1.807) is 26.1 Å². The minimum Gasteiger partial charge on any atom is -0.480 e. The van der Waals surface area contributed by atoms with Crippen LogP contribution >= 0.6 is 7.37 Å². The third-order valence-electron chi connectivity index (χ3n) is 10.4. The molecule has 0 saturated carbocycles. The first-order valence-corrected chi connectivity index (χ1v) is 23.9. The summed E-state index contributed by atoms with van der Waals surface area (Å²) < 4.78 is 47.1. The predicted octanol–water partition coefficient (Wildman–Crippen LogP) is 5.68. The van der Waals surface area contributed by atoms with E-state index in [2.05, 4.69) is 25.7 Å². The van der Waals surface area contributed by atoms with Crippen LogP contribution < -0.4 is 20.7 Å². The lowest BCUT2D eigenvalue weighted by atomic mass is 9.96. The van der Waals surface area contributed by atoms with Crippen LogP contribution in [-0.2, 0) is 53.2 Å². The molecule has 1 aromatic heterocycles. The van der Waals surface area contributed by atoms with Gasteiger partial charge in [-0.25, -0.2) is 22.7 Å². The Balaban J connectivity index is 1.31. The van der Waals surface area contributed by atoms with Gasteiger partial charge in [-0.05, 0) is 58.7 Å². The number of benzene rings is 4. The Bertz CT molecular complexity index is 2460. The number of fused-ring (bicyclic) bond motifs is 2. The van der Waals surface area contributed by atoms with Gasteiger partial charge in [-0.2, -0.15) is 0 Å². The number of hydrogen-bond acceptors (Lipinski definition) is 8. The highest BCUT2D eigenvalue weighted by Gasteiger charge is 2.40. The summed E-state index contributed by atoms with van der Waals surface area (Å²) in [5.41, 5.74) is 2.89. The molecule has 7 N–H and O–H groups in total. The van der Waals surface area contributed by atoms with Crippen molar-refractivity contribution in [3.05, 3.63) is 120 Å². The molecule has 0 aliphatic rings. The Hall–Kier alpha value is -5.54. The van der Waals surface area contributed by atoms with Gasteiger partial charge >= 0.3 is 12.1 Å². The molecule has 5 atom stereocenters. The lowest BCUT2D eigenvalue weighted by molar-refractivity contribution is -0.142. The molecule has 4 aromatic carbocycles. The molecular formula is C44H54N5O10PS. The van der Waals surface area contributed by atoms with Gasteiger partial charge in [0, 0.05) is 48.6 Å². The zero-order chi connectivity index (χ0) is 44.2. The summed E-state index contributed by atoms with van der Waals surface area (Å²) in [5, 5.41) is 20.6. The number of aliphatic carboxylic acids is 1. The van der Waals surface area contributed by atoms with E-state index in [1.165, 1.54) is 0 Å². The Morgan fingerprint density at radius 2 is 1.49 bits per heavy atom. The number of hydrogen-bond donors (Lipinski definition) is 7. The van der Waals surface area contributed by atoms with E-state index in [4.69, 9.17) is 4.74 Å². The molecule has 0 bridgehead atoms. The summed E-state index contributed by atoms with van der Waals surface area (Å²) >= 11 is 0. The molecule has 15 nitrogen and oxygen atoms in total. The van der Waals surface area contributed by atoms with Gasteiger partial charge < -0.3 is 35.7 Å². The summed E-state index contributed by atoms with van der Waals surface area (Å²) in [5.74, 6) is -6.01. The first kappa shape index (κ1) is 46.5. The highest BCUT2D eigenvalue weighted by Crippen LogP contribution is 2.49. The van der Waals surface area contributed by atoms with Crippen molar-refractivity contribution >= 4 is 62.9 Å². The quantitative estimate of drug-likeness (QED) is 0.0332. The maximum atomic E-state index is 14.6. The number of carboxylic acid groups (broad SMARTS) is 1. The van der Waals surface area contributed by atoms with E-state index >= 15 is 0 Å². The number of carbonyl (C=O) groups excluding carboxylic acids is 3. The fourth-order valence-corrected chi connectivity index (χ4v) is 10.1. The van der Waals surface area contributed by atoms with Crippen molar-refractivity contribution in [3.63, 3.8) is 0 Å². The van der Waals surface area contributed by atoms with Crippen LogP contribution in [0.2, 0.25) is 0 Å². The highest BCUT2D eigenvalue weighted by atomic mass is 32.2. The zero-order valence-electron chi connectivity index (χ0n) is 34.4. The van der Waals surface area contributed by atoms with E-state index in [0.717, 1.165) is 33.5 Å². The summed E-state index contributed by atoms with van der Waals surface area (Å²) in [4.78, 5) is 67.5. The van der Waals surface area contributed by atoms with Crippen LogP contribution in [0, 0.1) is 11.8 Å². The first-order valence-electron chi connectivity index (χ1n) is 20.1. The molecule has 5 rings (SSSR count). The van der Waals surface area contributed by atoms with Crippen molar-refractivity contribution in [1.82, 2.24) is 25.7 Å². The molecule has 3 unspecified atom stereocenters. The van der Waals surface area contributed by atoms with E-state index in [0.29, 0.717) is 17.5 Å². The second-order valence-corrected chi connectivity index (χ2v) is 19.9. The lowest BCUT2D eigenvalue weighted by Crippen LogP contribution is -2.50. The number of rotatable bonds is 22. The second-order valence-electron chi connectivity index (χ2n) is 15.6. The SMILES string of the molecule is CC(C)C(CP(=O)(O)C(Cc1ccc2ccccc2c1)NC(=O)[C@H](CCCCNC(=O)OCc1ccccc1)NS(C)(=O)=O)C(=O)N[C@@H](Cc1c[nH]c2ccccc12)C(=O)O. The summed E-state index contributed by atoms with van der Waals surface area (Å²) in [6, 6.07) is 26.7. The number of carboxylic acids is 1. The van der Waals surface area contributed by atoms with Gasteiger partial charge in [-0.1, -0.05) is 105 Å². The van der Waals surface area contributed by atoms with E-state index in [-0.39, 0.29) is 38.8 Å². The number of aromatic amines is 1. The fourth-order valence-electron chi connectivity index (χ4n) is 7.09. The van der Waals surface area contributed by atoms with Gasteiger partial charge in [0.25, 0.3) is 0 Å². The van der Waals surface area contributed by atoms with Gasteiger partial charge in [-0.3, -0.25) is 14.2 Å². The molecule has 17 heteroatoms. The Morgan fingerprint density at radius 3 is 2.20 bits per heavy atom. The number of unbranched alkanes of at least 4 members (excludes halogenated alkanes) is 1. The molecule has 0 aliphatic carbocycles. The minimum absolute atomic E-state index is 0.0118. The number of nitrogens with one attached hydrogen (secondary N) is 5. The van der Waals surface area contributed by atoms with Crippen LogP contribution in [0.25, 0.3) is 21.7 Å². The average Bonchev–Trinajstić information content (AvgIpc) is 3.63. The monoisotopic (exact) mass is 875 g/mol. The maximum Gasteiger partial charge on any atom is 0.407 e. The summed E-state index contributed by atoms with van der Waals surface area (Å²) in [7, 11) is -8.49. The largest absolute Gasteiger partial charge is 0.480 e. The fraction of sp³-hybridized carbons (Fsp3) is 0.364. The molecule has 0 radical (unpaired) electrons. The Morgan fingerprint density at radius 1 is 0.803 bits per heavy atom. The molecule has 0 saturated heterocycles. The molecule has 1 heterocycles. The van der Waals surface area contributed by atoms with Crippen molar-refractivity contribution < 1.29 is 46.9 Å². The van der Waals surface area contributed by atoms with Gasteiger partial charge in [0.05, 0.1) is 6.26 Å². The normalized spacial score (nSPS) is 14.7. The van der Waals surface area contributed by atoms with E-state index < -0.39 is 77.1 Å². The van der Waals surface area contributed by atoms with Crippen molar-refractivity contribution in [2.45, 2.75) is 70.4 Å². The molecular weight excluding hydrogens is 822 g/mol. The maximum absolute atomic E-state index is 14.6. The standard InChI is InChI=1S/C44H54N5O10PS/c1-29(2)36(41(50)47-39(43(52)53)25-34-26-46-37-18-10-9-17-35(34)37)28-60(55,56)40(24-31-20-21-32-15-7-8-16-33(32)23-31)48-42(51)38(49-61(3,57)58)19-11-12-22-45-44(54)59-27-30-13-5-4-6-14-30/h4-10,13-18,20-21,23,26,29,36,38-40,46,49H,11-12,19,22,24-25,27-28H2,1-3H3,(H,45,54)(H,47,50)(H,48,51)(H,52,53)(H,55,56)/t36?,38-,39-,40?/m0/s1. The van der Waals surface area contributed by atoms with Crippen molar-refractivity contribution in [3.8, 4) is 0 Å². The Labute approximate surface area is 355 Å². The van der Waals surface area contributed by atoms with Crippen LogP contribution in [0.3, 0.4) is 0 Å². The number of sulfonamides is 1. The lowest BCUT2D eigenvalue weighted by Gasteiger charge is -2.30. The highest BCUT2D eigenvalue weighted by molar-refractivity contribution is 7.88. The van der Waals surface area contributed by atoms with Gasteiger partial charge in [0.15, 0.2) is 0 Å². The number of H-pyrrole nitrogens is 1.